The molecule has 19 heavy (non-hydrogen) atoms. The highest BCUT2D eigenvalue weighted by Gasteiger charge is 2.32. The first-order chi connectivity index (χ1) is 8.90. The number of carboxylic acid groups (broad SMARTS) is 1. The van der Waals surface area contributed by atoms with Crippen molar-refractivity contribution in [3.63, 3.8) is 0 Å². The lowest BCUT2D eigenvalue weighted by molar-refractivity contribution is -0.138. The van der Waals surface area contributed by atoms with Crippen molar-refractivity contribution in [3.8, 4) is 0 Å². The van der Waals surface area contributed by atoms with E-state index in [4.69, 9.17) is 10.8 Å². The van der Waals surface area contributed by atoms with Gasteiger partial charge in [0.1, 0.15) is 0 Å². The number of rotatable bonds is 6. The van der Waals surface area contributed by atoms with Gasteiger partial charge in [-0.05, 0) is 50.9 Å². The summed E-state index contributed by atoms with van der Waals surface area (Å²) in [5.41, 5.74) is 5.70. The average molecular weight is 273 g/mol. The molecule has 5 nitrogen and oxygen atoms in total. The molecule has 5 heteroatoms. The minimum Gasteiger partial charge on any atom is -0.481 e. The molecule has 1 aliphatic carbocycles. The van der Waals surface area contributed by atoms with Crippen LogP contribution >= 0.6 is 0 Å². The van der Waals surface area contributed by atoms with Gasteiger partial charge in [-0.3, -0.25) is 4.79 Å². The third-order valence-electron chi connectivity index (χ3n) is 4.10. The van der Waals surface area contributed by atoms with Crippen molar-refractivity contribution in [2.24, 2.45) is 17.6 Å². The maximum Gasteiger partial charge on any atom is 0.303 e. The molecule has 112 valence electrons. The van der Waals surface area contributed by atoms with E-state index in [-0.39, 0.29) is 24.3 Å². The molecule has 0 aliphatic heterocycles. The van der Waals surface area contributed by atoms with Crippen molar-refractivity contribution in [2.75, 3.05) is 0 Å². The normalized spacial score (nSPS) is 33.7. The van der Waals surface area contributed by atoms with Crippen molar-refractivity contribution in [3.05, 3.63) is 0 Å². The Morgan fingerprint density at radius 1 is 1.37 bits per heavy atom. The van der Waals surface area contributed by atoms with Gasteiger partial charge in [0.2, 0.25) is 0 Å². The zero-order valence-electron chi connectivity index (χ0n) is 11.7. The zero-order chi connectivity index (χ0) is 14.4. The first kappa shape index (κ1) is 16.4. The minimum atomic E-state index is -0.831. The number of nitrogens with two attached hydrogens (primary N) is 1. The molecule has 0 amide bonds. The Labute approximate surface area is 114 Å². The average Bonchev–Trinajstić information content (AvgIpc) is 2.41. The number of aliphatic hydroxyl groups excluding tert-OH is 2. The van der Waals surface area contributed by atoms with Gasteiger partial charge in [-0.2, -0.15) is 0 Å². The number of aliphatic carboxylic acids is 1. The maximum absolute atomic E-state index is 10.7. The molecule has 0 aromatic rings. The molecule has 0 aromatic carbocycles. The third-order valence-corrected chi connectivity index (χ3v) is 4.10. The summed E-state index contributed by atoms with van der Waals surface area (Å²) >= 11 is 0. The Kier molecular flexibility index (Phi) is 6.75. The summed E-state index contributed by atoms with van der Waals surface area (Å²) in [7, 11) is 0. The summed E-state index contributed by atoms with van der Waals surface area (Å²) in [5, 5.41) is 28.9. The number of aliphatic hydroxyl groups is 2. The van der Waals surface area contributed by atoms with Crippen LogP contribution in [0.3, 0.4) is 0 Å². The maximum atomic E-state index is 10.7. The van der Waals surface area contributed by atoms with Crippen LogP contribution in [-0.2, 0) is 4.79 Å². The highest BCUT2D eigenvalue weighted by atomic mass is 16.4. The van der Waals surface area contributed by atoms with Gasteiger partial charge in [-0.15, -0.1) is 0 Å². The van der Waals surface area contributed by atoms with Crippen molar-refractivity contribution in [2.45, 2.75) is 70.1 Å². The highest BCUT2D eigenvalue weighted by molar-refractivity contribution is 5.67. The standard InChI is InChI=1S/C14H27NO4/c1-9(15)3-2-4-11-6-5-10(8-13(17)18)7-12(16)14(11)19/h9-12,14,16,19H,2-8,15H2,1H3,(H,17,18)/t9?,10?,11-,12+,14+/m0/s1. The Morgan fingerprint density at radius 3 is 2.63 bits per heavy atom. The molecule has 5 atom stereocenters. The van der Waals surface area contributed by atoms with E-state index >= 15 is 0 Å². The van der Waals surface area contributed by atoms with Crippen LogP contribution < -0.4 is 5.73 Å². The predicted molar refractivity (Wildman–Crippen MR) is 72.6 cm³/mol. The first-order valence-electron chi connectivity index (χ1n) is 7.23. The molecule has 0 bridgehead atoms. The molecule has 1 aliphatic rings. The van der Waals surface area contributed by atoms with E-state index in [1.165, 1.54) is 0 Å². The highest BCUT2D eigenvalue weighted by Crippen LogP contribution is 2.32. The molecule has 1 rings (SSSR count). The molecule has 0 spiro atoms. The Bertz CT molecular complexity index is 283. The van der Waals surface area contributed by atoms with E-state index in [9.17, 15) is 15.0 Å². The molecule has 1 saturated carbocycles. The van der Waals surface area contributed by atoms with E-state index in [0.29, 0.717) is 6.42 Å². The van der Waals surface area contributed by atoms with Gasteiger partial charge in [-0.25, -0.2) is 0 Å². The molecular formula is C14H27NO4. The number of carboxylic acids is 1. The van der Waals surface area contributed by atoms with E-state index in [0.717, 1.165) is 32.1 Å². The largest absolute Gasteiger partial charge is 0.481 e. The Morgan fingerprint density at radius 2 is 2.05 bits per heavy atom. The zero-order valence-corrected chi connectivity index (χ0v) is 11.7. The smallest absolute Gasteiger partial charge is 0.303 e. The SMILES string of the molecule is CC(N)CCC[C@H]1CCC(CC(=O)O)C[C@@H](O)[C@@H]1O. The summed E-state index contributed by atoms with van der Waals surface area (Å²) in [4.78, 5) is 10.7. The molecule has 0 radical (unpaired) electrons. The summed E-state index contributed by atoms with van der Waals surface area (Å²) in [5.74, 6) is -0.796. The summed E-state index contributed by atoms with van der Waals surface area (Å²) < 4.78 is 0. The lowest BCUT2D eigenvalue weighted by Crippen LogP contribution is -2.32. The molecular weight excluding hydrogens is 246 g/mol. The van der Waals surface area contributed by atoms with Crippen molar-refractivity contribution in [1.82, 2.24) is 0 Å². The van der Waals surface area contributed by atoms with Gasteiger partial charge in [0.15, 0.2) is 0 Å². The molecule has 0 aromatic heterocycles. The second-order valence-corrected chi connectivity index (χ2v) is 6.00. The van der Waals surface area contributed by atoms with Crippen LogP contribution in [0.25, 0.3) is 0 Å². The third kappa shape index (κ3) is 5.89. The second kappa shape index (κ2) is 7.82. The van der Waals surface area contributed by atoms with Gasteiger partial charge >= 0.3 is 5.97 Å². The topological polar surface area (TPSA) is 104 Å². The lowest BCUT2D eigenvalue weighted by Gasteiger charge is -2.24. The lowest BCUT2D eigenvalue weighted by atomic mass is 9.90. The fraction of sp³-hybridized carbons (Fsp3) is 0.929. The van der Waals surface area contributed by atoms with Crippen molar-refractivity contribution >= 4 is 5.97 Å². The Balaban J connectivity index is 2.47. The van der Waals surface area contributed by atoms with Crippen molar-refractivity contribution < 1.29 is 20.1 Å². The van der Waals surface area contributed by atoms with Gasteiger partial charge in [0.25, 0.3) is 0 Å². The van der Waals surface area contributed by atoms with Crippen LogP contribution in [-0.4, -0.2) is 39.5 Å². The van der Waals surface area contributed by atoms with Crippen LogP contribution in [0.5, 0.6) is 0 Å². The second-order valence-electron chi connectivity index (χ2n) is 6.00. The van der Waals surface area contributed by atoms with Gasteiger partial charge in [0.05, 0.1) is 12.2 Å². The number of carbonyl (C=O) groups is 1. The fourth-order valence-corrected chi connectivity index (χ4v) is 2.98. The summed E-state index contributed by atoms with van der Waals surface area (Å²) in [6.07, 6.45) is 3.19. The van der Waals surface area contributed by atoms with Gasteiger partial charge < -0.3 is 21.1 Å². The van der Waals surface area contributed by atoms with Crippen LogP contribution in [0.1, 0.15) is 51.9 Å². The van der Waals surface area contributed by atoms with Crippen LogP contribution in [0.4, 0.5) is 0 Å². The fourth-order valence-electron chi connectivity index (χ4n) is 2.98. The van der Waals surface area contributed by atoms with Crippen LogP contribution in [0.15, 0.2) is 0 Å². The molecule has 0 heterocycles. The minimum absolute atomic E-state index is 0.0272. The molecule has 5 N–H and O–H groups in total. The van der Waals surface area contributed by atoms with Crippen LogP contribution in [0.2, 0.25) is 0 Å². The van der Waals surface area contributed by atoms with E-state index in [2.05, 4.69) is 0 Å². The van der Waals surface area contributed by atoms with E-state index < -0.39 is 18.2 Å². The number of hydrogen-bond acceptors (Lipinski definition) is 4. The molecule has 1 fully saturated rings. The quantitative estimate of drug-likeness (QED) is 0.543. The van der Waals surface area contributed by atoms with Crippen molar-refractivity contribution in [1.29, 1.82) is 0 Å². The summed E-state index contributed by atoms with van der Waals surface area (Å²) in [6, 6.07) is 0.160. The van der Waals surface area contributed by atoms with E-state index in [1.807, 2.05) is 6.92 Å². The van der Waals surface area contributed by atoms with Gasteiger partial charge in [-0.1, -0.05) is 6.42 Å². The van der Waals surface area contributed by atoms with E-state index in [1.54, 1.807) is 0 Å². The molecule has 0 saturated heterocycles. The molecule has 2 unspecified atom stereocenters. The first-order valence-corrected chi connectivity index (χ1v) is 7.23. The summed E-state index contributed by atoms with van der Waals surface area (Å²) in [6.45, 7) is 1.96. The predicted octanol–water partition coefficient (Wildman–Crippen LogP) is 1.12. The Hall–Kier alpha value is -0.650. The monoisotopic (exact) mass is 273 g/mol. The van der Waals surface area contributed by atoms with Crippen LogP contribution in [0, 0.1) is 11.8 Å². The number of hydrogen-bond donors (Lipinski definition) is 4. The van der Waals surface area contributed by atoms with Gasteiger partial charge in [0, 0.05) is 12.5 Å².